The van der Waals surface area contributed by atoms with E-state index in [1.807, 2.05) is 11.5 Å². The van der Waals surface area contributed by atoms with E-state index in [-0.39, 0.29) is 5.38 Å². The Morgan fingerprint density at radius 2 is 2.05 bits per heavy atom. The maximum absolute atomic E-state index is 12.7. The Morgan fingerprint density at radius 1 is 1.37 bits per heavy atom. The fourth-order valence-corrected chi connectivity index (χ4v) is 2.25. The Balaban J connectivity index is 2.62. The summed E-state index contributed by atoms with van der Waals surface area (Å²) in [5.74, 6) is 0.609. The Morgan fingerprint density at radius 3 is 2.58 bits per heavy atom. The van der Waals surface area contributed by atoms with Gasteiger partial charge in [0.2, 0.25) is 0 Å². The van der Waals surface area contributed by atoms with E-state index in [9.17, 15) is 13.2 Å². The zero-order valence-electron chi connectivity index (χ0n) is 10.6. The van der Waals surface area contributed by atoms with Crippen molar-refractivity contribution in [2.75, 3.05) is 0 Å². The zero-order valence-corrected chi connectivity index (χ0v) is 11.4. The van der Waals surface area contributed by atoms with E-state index in [1.165, 1.54) is 6.07 Å². The number of aryl methyl sites for hydroxylation is 1. The van der Waals surface area contributed by atoms with Gasteiger partial charge in [-0.2, -0.15) is 13.2 Å². The Bertz CT molecular complexity index is 587. The number of hydrogen-bond acceptors (Lipinski definition) is 1. The van der Waals surface area contributed by atoms with Gasteiger partial charge in [0.25, 0.3) is 0 Å². The highest BCUT2D eigenvalue weighted by Gasteiger charge is 2.31. The highest BCUT2D eigenvalue weighted by molar-refractivity contribution is 6.20. The quantitative estimate of drug-likeness (QED) is 0.745. The number of hydrogen-bond donors (Lipinski definition) is 0. The summed E-state index contributed by atoms with van der Waals surface area (Å²) in [7, 11) is 0. The van der Waals surface area contributed by atoms with Crippen molar-refractivity contribution in [3.8, 4) is 0 Å². The zero-order chi connectivity index (χ0) is 14.2. The monoisotopic (exact) mass is 290 g/mol. The van der Waals surface area contributed by atoms with Crippen molar-refractivity contribution in [2.45, 2.75) is 38.4 Å². The van der Waals surface area contributed by atoms with Crippen LogP contribution in [-0.2, 0) is 12.7 Å². The van der Waals surface area contributed by atoms with Crippen LogP contribution in [0.5, 0.6) is 0 Å². The summed E-state index contributed by atoms with van der Waals surface area (Å²) in [4.78, 5) is 4.24. The van der Waals surface area contributed by atoms with E-state index >= 15 is 0 Å². The number of fused-ring (bicyclic) bond motifs is 1. The van der Waals surface area contributed by atoms with E-state index in [1.54, 1.807) is 6.92 Å². The van der Waals surface area contributed by atoms with Crippen molar-refractivity contribution in [3.05, 3.63) is 29.6 Å². The molecule has 1 atom stereocenters. The van der Waals surface area contributed by atoms with E-state index < -0.39 is 11.7 Å². The molecule has 0 spiro atoms. The van der Waals surface area contributed by atoms with Gasteiger partial charge in [-0.3, -0.25) is 0 Å². The molecule has 0 aliphatic rings. The molecule has 0 saturated heterocycles. The van der Waals surface area contributed by atoms with Gasteiger partial charge < -0.3 is 4.57 Å². The van der Waals surface area contributed by atoms with Gasteiger partial charge in [0.05, 0.1) is 22.0 Å². The normalized spacial score (nSPS) is 14.0. The number of aromatic nitrogens is 2. The predicted molar refractivity (Wildman–Crippen MR) is 69.3 cm³/mol. The molecular weight excluding hydrogens is 277 g/mol. The maximum atomic E-state index is 12.7. The third kappa shape index (κ3) is 2.71. The van der Waals surface area contributed by atoms with Crippen LogP contribution in [0.25, 0.3) is 11.0 Å². The van der Waals surface area contributed by atoms with Crippen LogP contribution in [0.1, 0.15) is 37.0 Å². The van der Waals surface area contributed by atoms with E-state index in [0.29, 0.717) is 23.4 Å². The number of halogens is 4. The number of nitrogens with zero attached hydrogens (tertiary/aromatic N) is 2. The van der Waals surface area contributed by atoms with E-state index in [4.69, 9.17) is 11.6 Å². The van der Waals surface area contributed by atoms with Crippen LogP contribution >= 0.6 is 11.6 Å². The second kappa shape index (κ2) is 5.04. The fourth-order valence-electron chi connectivity index (χ4n) is 2.09. The fraction of sp³-hybridized carbons (Fsp3) is 0.462. The minimum atomic E-state index is -4.35. The Kier molecular flexibility index (Phi) is 3.76. The number of imidazole rings is 1. The Hall–Kier alpha value is -1.23. The van der Waals surface area contributed by atoms with Gasteiger partial charge in [-0.1, -0.05) is 6.92 Å². The lowest BCUT2D eigenvalue weighted by Crippen LogP contribution is -2.05. The largest absolute Gasteiger partial charge is 0.416 e. The molecule has 0 amide bonds. The van der Waals surface area contributed by atoms with Crippen molar-refractivity contribution in [3.63, 3.8) is 0 Å². The first-order chi connectivity index (χ1) is 8.84. The van der Waals surface area contributed by atoms with Crippen LogP contribution in [0.2, 0.25) is 0 Å². The molecule has 0 aliphatic carbocycles. The molecule has 2 nitrogen and oxygen atoms in total. The summed E-state index contributed by atoms with van der Waals surface area (Å²) >= 11 is 6.04. The van der Waals surface area contributed by atoms with Crippen molar-refractivity contribution in [2.24, 2.45) is 0 Å². The molecule has 1 unspecified atom stereocenters. The first kappa shape index (κ1) is 14.2. The van der Waals surface area contributed by atoms with Gasteiger partial charge in [-0.05, 0) is 31.5 Å². The predicted octanol–water partition coefficient (Wildman–Crippen LogP) is 4.76. The molecular formula is C13H14ClF3N2. The first-order valence-electron chi connectivity index (χ1n) is 6.06. The van der Waals surface area contributed by atoms with Crippen molar-refractivity contribution >= 4 is 22.6 Å². The lowest BCUT2D eigenvalue weighted by atomic mass is 10.2. The van der Waals surface area contributed by atoms with Gasteiger partial charge in [-0.25, -0.2) is 4.98 Å². The molecule has 2 rings (SSSR count). The molecule has 19 heavy (non-hydrogen) atoms. The minimum Gasteiger partial charge on any atom is -0.327 e. The van der Waals surface area contributed by atoms with Gasteiger partial charge in [0.15, 0.2) is 0 Å². The second-order valence-corrected chi connectivity index (χ2v) is 5.09. The van der Waals surface area contributed by atoms with Crippen LogP contribution in [0.15, 0.2) is 18.2 Å². The molecule has 0 fully saturated rings. The van der Waals surface area contributed by atoms with Gasteiger partial charge in [0.1, 0.15) is 5.82 Å². The summed E-state index contributed by atoms with van der Waals surface area (Å²) in [6, 6.07) is 3.62. The lowest BCUT2D eigenvalue weighted by molar-refractivity contribution is -0.137. The standard InChI is InChI=1S/C13H14ClF3N2/c1-3-6-19-11-5-4-9(13(15,16)17)7-10(11)18-12(19)8(2)14/h4-5,7-8H,3,6H2,1-2H3. The molecule has 0 radical (unpaired) electrons. The molecule has 0 bridgehead atoms. The van der Waals surface area contributed by atoms with Crippen LogP contribution in [0, 0.1) is 0 Å². The van der Waals surface area contributed by atoms with Crippen LogP contribution < -0.4 is 0 Å². The molecule has 0 N–H and O–H groups in total. The summed E-state index contributed by atoms with van der Waals surface area (Å²) in [5, 5.41) is -0.340. The topological polar surface area (TPSA) is 17.8 Å². The smallest absolute Gasteiger partial charge is 0.327 e. The summed E-state index contributed by atoms with van der Waals surface area (Å²) in [6.07, 6.45) is -3.49. The number of benzene rings is 1. The van der Waals surface area contributed by atoms with Crippen LogP contribution in [-0.4, -0.2) is 9.55 Å². The molecule has 1 aromatic heterocycles. The van der Waals surface area contributed by atoms with Gasteiger partial charge in [0, 0.05) is 6.54 Å². The molecule has 0 aliphatic heterocycles. The van der Waals surface area contributed by atoms with Crippen LogP contribution in [0.3, 0.4) is 0 Å². The maximum Gasteiger partial charge on any atom is 0.416 e. The molecule has 1 aromatic carbocycles. The lowest BCUT2D eigenvalue weighted by Gasteiger charge is -2.09. The molecule has 104 valence electrons. The summed E-state index contributed by atoms with van der Waals surface area (Å²) in [6.45, 7) is 4.45. The highest BCUT2D eigenvalue weighted by Crippen LogP contribution is 2.32. The van der Waals surface area contributed by atoms with E-state index in [2.05, 4.69) is 4.98 Å². The SMILES string of the molecule is CCCn1c(C(C)Cl)nc2cc(C(F)(F)F)ccc21. The minimum absolute atomic E-state index is 0.339. The summed E-state index contributed by atoms with van der Waals surface area (Å²) < 4.78 is 39.9. The van der Waals surface area contributed by atoms with E-state index in [0.717, 1.165) is 18.6 Å². The molecule has 2 aromatic rings. The number of alkyl halides is 4. The second-order valence-electron chi connectivity index (χ2n) is 4.44. The number of rotatable bonds is 3. The van der Waals surface area contributed by atoms with Crippen LogP contribution in [0.4, 0.5) is 13.2 Å². The van der Waals surface area contributed by atoms with Crippen molar-refractivity contribution < 1.29 is 13.2 Å². The molecule has 1 heterocycles. The Labute approximate surface area is 114 Å². The van der Waals surface area contributed by atoms with Crippen molar-refractivity contribution in [1.82, 2.24) is 9.55 Å². The average molecular weight is 291 g/mol. The highest BCUT2D eigenvalue weighted by atomic mass is 35.5. The molecule has 6 heteroatoms. The summed E-state index contributed by atoms with van der Waals surface area (Å²) in [5.41, 5.74) is 0.345. The first-order valence-corrected chi connectivity index (χ1v) is 6.49. The van der Waals surface area contributed by atoms with Gasteiger partial charge >= 0.3 is 6.18 Å². The average Bonchev–Trinajstić information content (AvgIpc) is 2.67. The molecule has 0 saturated carbocycles. The third-order valence-electron chi connectivity index (χ3n) is 2.91. The third-order valence-corrected chi connectivity index (χ3v) is 3.10. The van der Waals surface area contributed by atoms with Gasteiger partial charge in [-0.15, -0.1) is 11.6 Å². The van der Waals surface area contributed by atoms with Crippen molar-refractivity contribution in [1.29, 1.82) is 0 Å².